The van der Waals surface area contributed by atoms with E-state index in [1.54, 1.807) is 52.9 Å². The van der Waals surface area contributed by atoms with Crippen LogP contribution in [0.5, 0.6) is 5.75 Å². The summed E-state index contributed by atoms with van der Waals surface area (Å²) in [6.07, 6.45) is 1.47. The number of anilines is 2. The Labute approximate surface area is 145 Å². The number of pyridine rings is 1. The van der Waals surface area contributed by atoms with E-state index in [0.29, 0.717) is 22.9 Å². The zero-order valence-electron chi connectivity index (χ0n) is 15.0. The molecule has 0 aromatic carbocycles. The van der Waals surface area contributed by atoms with E-state index in [0.717, 1.165) is 0 Å². The second-order valence-electron chi connectivity index (χ2n) is 5.97. The summed E-state index contributed by atoms with van der Waals surface area (Å²) in [5.74, 6) is 0.444. The van der Waals surface area contributed by atoms with Crippen molar-refractivity contribution < 1.29 is 14.3 Å². The third-order valence-electron chi connectivity index (χ3n) is 3.32. The Bertz CT molecular complexity index is 812. The SMILES string of the molecule is CCOC(=O)C(C)(C)Oc1ccc(Nc2cc(C)nn(C)c2=O)nc1. The molecule has 0 radical (unpaired) electrons. The van der Waals surface area contributed by atoms with Gasteiger partial charge in [-0.3, -0.25) is 4.79 Å². The van der Waals surface area contributed by atoms with E-state index in [1.807, 2.05) is 0 Å². The van der Waals surface area contributed by atoms with Crippen LogP contribution in [0.1, 0.15) is 26.5 Å². The molecule has 2 rings (SSSR count). The Morgan fingerprint density at radius 2 is 2.08 bits per heavy atom. The number of carbonyl (C=O) groups excluding carboxylic acids is 1. The van der Waals surface area contributed by atoms with Crippen LogP contribution < -0.4 is 15.6 Å². The summed E-state index contributed by atoms with van der Waals surface area (Å²) >= 11 is 0. The van der Waals surface area contributed by atoms with Crippen molar-refractivity contribution in [3.05, 3.63) is 40.4 Å². The van der Waals surface area contributed by atoms with Gasteiger partial charge in [0.2, 0.25) is 0 Å². The predicted molar refractivity (Wildman–Crippen MR) is 93.1 cm³/mol. The van der Waals surface area contributed by atoms with Crippen molar-refractivity contribution in [2.75, 3.05) is 11.9 Å². The molecule has 0 spiro atoms. The van der Waals surface area contributed by atoms with Gasteiger partial charge in [0.25, 0.3) is 5.56 Å². The third kappa shape index (κ3) is 4.56. The molecule has 0 aliphatic carbocycles. The topological polar surface area (TPSA) is 95.3 Å². The minimum atomic E-state index is -1.12. The fourth-order valence-corrected chi connectivity index (χ4v) is 2.14. The van der Waals surface area contributed by atoms with Gasteiger partial charge in [0, 0.05) is 7.05 Å². The van der Waals surface area contributed by atoms with E-state index in [2.05, 4.69) is 15.4 Å². The molecule has 0 atom stereocenters. The predicted octanol–water partition coefficient (Wildman–Crippen LogP) is 1.95. The van der Waals surface area contributed by atoms with E-state index < -0.39 is 11.6 Å². The number of ether oxygens (including phenoxy) is 2. The molecule has 0 bridgehead atoms. The van der Waals surface area contributed by atoms with Gasteiger partial charge in [-0.2, -0.15) is 5.10 Å². The van der Waals surface area contributed by atoms with Crippen LogP contribution in [-0.2, 0) is 16.6 Å². The first-order chi connectivity index (χ1) is 11.7. The van der Waals surface area contributed by atoms with Crippen LogP contribution >= 0.6 is 0 Å². The molecule has 0 aliphatic heterocycles. The van der Waals surface area contributed by atoms with Crippen molar-refractivity contribution >= 4 is 17.5 Å². The van der Waals surface area contributed by atoms with Crippen LogP contribution in [-0.4, -0.2) is 32.9 Å². The molecule has 2 aromatic heterocycles. The number of esters is 1. The second kappa shape index (κ2) is 7.33. The molecule has 134 valence electrons. The van der Waals surface area contributed by atoms with Gasteiger partial charge in [-0.15, -0.1) is 0 Å². The minimum absolute atomic E-state index is 0.254. The molecule has 8 nitrogen and oxygen atoms in total. The highest BCUT2D eigenvalue weighted by Gasteiger charge is 2.31. The number of hydrogen-bond acceptors (Lipinski definition) is 7. The van der Waals surface area contributed by atoms with Crippen LogP contribution in [0.15, 0.2) is 29.2 Å². The standard InChI is InChI=1S/C17H22N4O4/c1-6-24-16(23)17(3,4)25-12-7-8-14(18-10-12)19-13-9-11(2)20-21(5)15(13)22/h7-10H,6H2,1-5H3,(H,18,19). The van der Waals surface area contributed by atoms with Gasteiger partial charge >= 0.3 is 5.97 Å². The highest BCUT2D eigenvalue weighted by Crippen LogP contribution is 2.21. The molecule has 0 unspecified atom stereocenters. The average molecular weight is 346 g/mol. The Balaban J connectivity index is 2.13. The first-order valence-corrected chi connectivity index (χ1v) is 7.87. The number of aromatic nitrogens is 3. The Morgan fingerprint density at radius 3 is 2.68 bits per heavy atom. The summed E-state index contributed by atoms with van der Waals surface area (Å²) < 4.78 is 11.9. The van der Waals surface area contributed by atoms with Crippen molar-refractivity contribution in [3.63, 3.8) is 0 Å². The highest BCUT2D eigenvalue weighted by atomic mass is 16.6. The molecular weight excluding hydrogens is 324 g/mol. The first-order valence-electron chi connectivity index (χ1n) is 7.87. The zero-order chi connectivity index (χ0) is 18.6. The van der Waals surface area contributed by atoms with Crippen molar-refractivity contribution in [1.29, 1.82) is 0 Å². The lowest BCUT2D eigenvalue weighted by Crippen LogP contribution is -2.39. The van der Waals surface area contributed by atoms with Gasteiger partial charge in [-0.1, -0.05) is 0 Å². The molecule has 0 saturated heterocycles. The molecule has 8 heteroatoms. The molecule has 0 amide bonds. The van der Waals surface area contributed by atoms with Crippen LogP contribution in [0.4, 0.5) is 11.5 Å². The van der Waals surface area contributed by atoms with Crippen molar-refractivity contribution in [1.82, 2.24) is 14.8 Å². The molecule has 2 heterocycles. The number of nitrogens with one attached hydrogen (secondary N) is 1. The fraction of sp³-hybridized carbons (Fsp3) is 0.412. The Hall–Kier alpha value is -2.90. The van der Waals surface area contributed by atoms with Crippen LogP contribution in [0.2, 0.25) is 0 Å². The maximum Gasteiger partial charge on any atom is 0.349 e. The molecule has 2 aromatic rings. The van der Waals surface area contributed by atoms with Gasteiger partial charge in [0.1, 0.15) is 17.3 Å². The number of aryl methyl sites for hydroxylation is 2. The van der Waals surface area contributed by atoms with E-state index in [-0.39, 0.29) is 12.2 Å². The van der Waals surface area contributed by atoms with E-state index >= 15 is 0 Å². The Kier molecular flexibility index (Phi) is 5.41. The summed E-state index contributed by atoms with van der Waals surface area (Å²) in [6, 6.07) is 4.97. The van der Waals surface area contributed by atoms with E-state index in [4.69, 9.17) is 9.47 Å². The molecule has 1 N–H and O–H groups in total. The van der Waals surface area contributed by atoms with E-state index in [9.17, 15) is 9.59 Å². The number of nitrogens with zero attached hydrogens (tertiary/aromatic N) is 3. The fourth-order valence-electron chi connectivity index (χ4n) is 2.14. The molecule has 25 heavy (non-hydrogen) atoms. The molecule has 0 aliphatic rings. The molecular formula is C17H22N4O4. The number of hydrogen-bond donors (Lipinski definition) is 1. The van der Waals surface area contributed by atoms with Crippen LogP contribution in [0, 0.1) is 6.92 Å². The summed E-state index contributed by atoms with van der Waals surface area (Å²) in [5, 5.41) is 7.00. The van der Waals surface area contributed by atoms with Gasteiger partial charge < -0.3 is 14.8 Å². The maximum atomic E-state index is 12.1. The summed E-state index contributed by atoms with van der Waals surface area (Å²) in [5.41, 5.74) is -0.287. The zero-order valence-corrected chi connectivity index (χ0v) is 15.0. The lowest BCUT2D eigenvalue weighted by atomic mass is 10.1. The lowest BCUT2D eigenvalue weighted by Gasteiger charge is -2.23. The van der Waals surface area contributed by atoms with Crippen molar-refractivity contribution in [3.8, 4) is 5.75 Å². The van der Waals surface area contributed by atoms with Crippen molar-refractivity contribution in [2.24, 2.45) is 7.05 Å². The summed E-state index contributed by atoms with van der Waals surface area (Å²) in [7, 11) is 1.59. The number of carbonyl (C=O) groups is 1. The average Bonchev–Trinajstić information content (AvgIpc) is 2.54. The van der Waals surface area contributed by atoms with Gasteiger partial charge in [-0.05, 0) is 45.9 Å². The summed E-state index contributed by atoms with van der Waals surface area (Å²) in [6.45, 7) is 7.07. The summed E-state index contributed by atoms with van der Waals surface area (Å²) in [4.78, 5) is 28.1. The van der Waals surface area contributed by atoms with Crippen LogP contribution in [0.25, 0.3) is 0 Å². The quantitative estimate of drug-likeness (QED) is 0.799. The van der Waals surface area contributed by atoms with Gasteiger partial charge in [0.05, 0.1) is 18.5 Å². The normalized spacial score (nSPS) is 11.1. The molecule has 0 fully saturated rings. The van der Waals surface area contributed by atoms with Crippen LogP contribution in [0.3, 0.4) is 0 Å². The first kappa shape index (κ1) is 18.4. The lowest BCUT2D eigenvalue weighted by molar-refractivity contribution is -0.158. The maximum absolute atomic E-state index is 12.1. The molecule has 0 saturated carbocycles. The number of rotatable bonds is 6. The monoisotopic (exact) mass is 346 g/mol. The minimum Gasteiger partial charge on any atom is -0.475 e. The van der Waals surface area contributed by atoms with Gasteiger partial charge in [0.15, 0.2) is 5.60 Å². The third-order valence-corrected chi connectivity index (χ3v) is 3.32. The van der Waals surface area contributed by atoms with Crippen molar-refractivity contribution in [2.45, 2.75) is 33.3 Å². The van der Waals surface area contributed by atoms with Gasteiger partial charge in [-0.25, -0.2) is 14.5 Å². The highest BCUT2D eigenvalue weighted by molar-refractivity contribution is 5.79. The largest absolute Gasteiger partial charge is 0.475 e. The Morgan fingerprint density at radius 1 is 1.36 bits per heavy atom. The second-order valence-corrected chi connectivity index (χ2v) is 5.97. The smallest absolute Gasteiger partial charge is 0.349 e. The van der Waals surface area contributed by atoms with E-state index in [1.165, 1.54) is 10.9 Å².